The molecule has 2 N–H and O–H groups in total. The molecule has 1 atom stereocenters. The minimum Gasteiger partial charge on any atom is -0.381 e. The minimum absolute atomic E-state index is 0.540. The molecule has 1 aliphatic rings. The summed E-state index contributed by atoms with van der Waals surface area (Å²) in [5.74, 6) is 0. The van der Waals surface area contributed by atoms with Crippen LogP contribution in [0.5, 0.6) is 0 Å². The molecule has 2 aromatic carbocycles. The van der Waals surface area contributed by atoms with E-state index in [2.05, 4.69) is 68.9 Å². The van der Waals surface area contributed by atoms with E-state index in [1.54, 1.807) is 0 Å². The number of aromatic amines is 1. The summed E-state index contributed by atoms with van der Waals surface area (Å²) < 4.78 is 0. The normalized spacial score (nSPS) is 18.8. The standard InChI is InChI=1S/C18H20N4/c1-2-4-16(5-3-1)20-17-8-9-22(13-17)12-14-6-7-15-11-19-21-18(15)10-14/h1-7,10-11,17,20H,8-9,12-13H2,(H,19,21). The Morgan fingerprint density at radius 3 is 3.00 bits per heavy atom. The fraction of sp³-hybridized carbons (Fsp3) is 0.278. The van der Waals surface area contributed by atoms with Crippen LogP contribution in [-0.4, -0.2) is 34.2 Å². The van der Waals surface area contributed by atoms with E-state index in [4.69, 9.17) is 0 Å². The Labute approximate surface area is 130 Å². The van der Waals surface area contributed by atoms with E-state index in [0.717, 1.165) is 25.2 Å². The number of fused-ring (bicyclic) bond motifs is 1. The quantitative estimate of drug-likeness (QED) is 0.776. The number of nitrogens with zero attached hydrogens (tertiary/aromatic N) is 2. The van der Waals surface area contributed by atoms with Gasteiger partial charge >= 0.3 is 0 Å². The van der Waals surface area contributed by atoms with Crippen LogP contribution < -0.4 is 5.32 Å². The van der Waals surface area contributed by atoms with Crippen LogP contribution in [0.3, 0.4) is 0 Å². The second kappa shape index (κ2) is 5.81. The molecule has 0 amide bonds. The molecular weight excluding hydrogens is 272 g/mol. The molecule has 22 heavy (non-hydrogen) atoms. The third-order valence-corrected chi connectivity index (χ3v) is 4.33. The zero-order chi connectivity index (χ0) is 14.8. The highest BCUT2D eigenvalue weighted by Gasteiger charge is 2.22. The summed E-state index contributed by atoms with van der Waals surface area (Å²) in [5.41, 5.74) is 3.68. The zero-order valence-electron chi connectivity index (χ0n) is 12.5. The Hall–Kier alpha value is -2.33. The molecule has 1 saturated heterocycles. The van der Waals surface area contributed by atoms with Gasteiger partial charge in [0.15, 0.2) is 0 Å². The van der Waals surface area contributed by atoms with Gasteiger partial charge in [0.05, 0.1) is 11.7 Å². The molecule has 1 fully saturated rings. The van der Waals surface area contributed by atoms with Crippen molar-refractivity contribution in [2.75, 3.05) is 18.4 Å². The molecule has 0 aliphatic carbocycles. The predicted molar refractivity (Wildman–Crippen MR) is 89.8 cm³/mol. The highest BCUT2D eigenvalue weighted by molar-refractivity contribution is 5.78. The smallest absolute Gasteiger partial charge is 0.0653 e. The van der Waals surface area contributed by atoms with Crippen LogP contribution in [0.4, 0.5) is 5.69 Å². The molecule has 2 heterocycles. The number of nitrogens with one attached hydrogen (secondary N) is 2. The van der Waals surface area contributed by atoms with Crippen LogP contribution in [0.2, 0.25) is 0 Å². The van der Waals surface area contributed by atoms with Gasteiger partial charge in [-0.3, -0.25) is 10.00 Å². The maximum atomic E-state index is 4.08. The SMILES string of the molecule is c1ccc(NC2CCN(Cc3ccc4cn[nH]c4c3)C2)cc1. The van der Waals surface area contributed by atoms with Crippen LogP contribution in [0.15, 0.2) is 54.7 Å². The molecule has 0 saturated carbocycles. The molecule has 0 radical (unpaired) electrons. The Morgan fingerprint density at radius 1 is 1.18 bits per heavy atom. The van der Waals surface area contributed by atoms with Crippen molar-refractivity contribution in [3.8, 4) is 0 Å². The van der Waals surface area contributed by atoms with Crippen molar-refractivity contribution in [2.45, 2.75) is 19.0 Å². The van der Waals surface area contributed by atoms with E-state index in [9.17, 15) is 0 Å². The van der Waals surface area contributed by atoms with Crippen molar-refractivity contribution in [3.05, 3.63) is 60.3 Å². The van der Waals surface area contributed by atoms with Crippen LogP contribution in [0, 0.1) is 0 Å². The number of para-hydroxylation sites is 1. The molecule has 0 spiro atoms. The molecule has 4 heteroatoms. The molecule has 1 aliphatic heterocycles. The Kier molecular flexibility index (Phi) is 3.52. The molecule has 4 rings (SSSR count). The first-order valence-electron chi connectivity index (χ1n) is 7.83. The maximum absolute atomic E-state index is 4.08. The zero-order valence-corrected chi connectivity index (χ0v) is 12.5. The lowest BCUT2D eigenvalue weighted by molar-refractivity contribution is 0.329. The average Bonchev–Trinajstić information content (AvgIpc) is 3.17. The van der Waals surface area contributed by atoms with E-state index < -0.39 is 0 Å². The number of benzene rings is 2. The van der Waals surface area contributed by atoms with Gasteiger partial charge in [-0.25, -0.2) is 0 Å². The first-order valence-corrected chi connectivity index (χ1v) is 7.83. The summed E-state index contributed by atoms with van der Waals surface area (Å²) in [6.45, 7) is 3.24. The van der Waals surface area contributed by atoms with Crippen molar-refractivity contribution in [1.29, 1.82) is 0 Å². The van der Waals surface area contributed by atoms with E-state index in [-0.39, 0.29) is 0 Å². The lowest BCUT2D eigenvalue weighted by Crippen LogP contribution is -2.25. The van der Waals surface area contributed by atoms with E-state index in [0.29, 0.717) is 6.04 Å². The topological polar surface area (TPSA) is 44.0 Å². The Balaban J connectivity index is 1.38. The Morgan fingerprint density at radius 2 is 2.09 bits per heavy atom. The summed E-state index contributed by atoms with van der Waals surface area (Å²) in [5, 5.41) is 11.9. The van der Waals surface area contributed by atoms with Crippen LogP contribution in [-0.2, 0) is 6.54 Å². The molecular formula is C18H20N4. The number of hydrogen-bond acceptors (Lipinski definition) is 3. The number of aromatic nitrogens is 2. The van der Waals surface area contributed by atoms with Gasteiger partial charge in [0, 0.05) is 36.7 Å². The van der Waals surface area contributed by atoms with Gasteiger partial charge in [-0.2, -0.15) is 5.10 Å². The number of H-pyrrole nitrogens is 1. The lowest BCUT2D eigenvalue weighted by atomic mass is 10.1. The van der Waals surface area contributed by atoms with Crippen molar-refractivity contribution < 1.29 is 0 Å². The van der Waals surface area contributed by atoms with Crippen LogP contribution in [0.1, 0.15) is 12.0 Å². The van der Waals surface area contributed by atoms with Crippen molar-refractivity contribution >= 4 is 16.6 Å². The van der Waals surface area contributed by atoms with E-state index in [1.165, 1.54) is 23.1 Å². The van der Waals surface area contributed by atoms with E-state index in [1.807, 2.05) is 6.20 Å². The fourth-order valence-electron chi connectivity index (χ4n) is 3.20. The van der Waals surface area contributed by atoms with E-state index >= 15 is 0 Å². The number of likely N-dealkylation sites (tertiary alicyclic amines) is 1. The molecule has 112 valence electrons. The first kappa shape index (κ1) is 13.3. The summed E-state index contributed by atoms with van der Waals surface area (Å²) in [6, 6.07) is 17.6. The first-order chi connectivity index (χ1) is 10.9. The summed E-state index contributed by atoms with van der Waals surface area (Å²) in [7, 11) is 0. The van der Waals surface area contributed by atoms with Gasteiger partial charge in [-0.05, 0) is 30.2 Å². The predicted octanol–water partition coefficient (Wildman–Crippen LogP) is 3.25. The highest BCUT2D eigenvalue weighted by atomic mass is 15.2. The number of hydrogen-bond donors (Lipinski definition) is 2. The number of rotatable bonds is 4. The second-order valence-corrected chi connectivity index (χ2v) is 6.02. The van der Waals surface area contributed by atoms with Crippen molar-refractivity contribution in [3.63, 3.8) is 0 Å². The largest absolute Gasteiger partial charge is 0.381 e. The third-order valence-electron chi connectivity index (χ3n) is 4.33. The summed E-state index contributed by atoms with van der Waals surface area (Å²) in [6.07, 6.45) is 3.07. The summed E-state index contributed by atoms with van der Waals surface area (Å²) >= 11 is 0. The summed E-state index contributed by atoms with van der Waals surface area (Å²) in [4.78, 5) is 2.51. The van der Waals surface area contributed by atoms with Gasteiger partial charge in [0.1, 0.15) is 0 Å². The molecule has 3 aromatic rings. The number of anilines is 1. The third kappa shape index (κ3) is 2.83. The van der Waals surface area contributed by atoms with Gasteiger partial charge in [0.2, 0.25) is 0 Å². The highest BCUT2D eigenvalue weighted by Crippen LogP contribution is 2.19. The van der Waals surface area contributed by atoms with Gasteiger partial charge in [-0.1, -0.05) is 30.3 Å². The van der Waals surface area contributed by atoms with Crippen molar-refractivity contribution in [2.24, 2.45) is 0 Å². The lowest BCUT2D eigenvalue weighted by Gasteiger charge is -2.17. The second-order valence-electron chi connectivity index (χ2n) is 6.02. The van der Waals surface area contributed by atoms with Crippen LogP contribution >= 0.6 is 0 Å². The van der Waals surface area contributed by atoms with Gasteiger partial charge < -0.3 is 5.32 Å². The Bertz CT molecular complexity index is 750. The maximum Gasteiger partial charge on any atom is 0.0653 e. The molecule has 4 nitrogen and oxygen atoms in total. The molecule has 1 aromatic heterocycles. The minimum atomic E-state index is 0.540. The van der Waals surface area contributed by atoms with Crippen LogP contribution in [0.25, 0.3) is 10.9 Å². The van der Waals surface area contributed by atoms with Gasteiger partial charge in [0.25, 0.3) is 0 Å². The monoisotopic (exact) mass is 292 g/mol. The van der Waals surface area contributed by atoms with Gasteiger partial charge in [-0.15, -0.1) is 0 Å². The average molecular weight is 292 g/mol. The van der Waals surface area contributed by atoms with Crippen molar-refractivity contribution in [1.82, 2.24) is 15.1 Å². The molecule has 1 unspecified atom stereocenters. The fourth-order valence-corrected chi connectivity index (χ4v) is 3.20. The molecule has 0 bridgehead atoms.